The van der Waals surface area contributed by atoms with Crippen molar-refractivity contribution in [3.63, 3.8) is 0 Å². The Kier molecular flexibility index (Phi) is 8.22. The Hall–Kier alpha value is -1.87. The van der Waals surface area contributed by atoms with Gasteiger partial charge in [-0.2, -0.15) is 0 Å². The van der Waals surface area contributed by atoms with Gasteiger partial charge in [0.1, 0.15) is 13.1 Å². The minimum Gasteiger partial charge on any atom is -0.480 e. The van der Waals surface area contributed by atoms with E-state index in [-0.39, 0.29) is 19.3 Å². The quantitative estimate of drug-likeness (QED) is 0.457. The molecule has 0 saturated carbocycles. The number of aliphatic carboxylic acids is 1. The lowest BCUT2D eigenvalue weighted by Crippen LogP contribution is -2.48. The van der Waals surface area contributed by atoms with Crippen LogP contribution in [0.3, 0.4) is 0 Å². The lowest BCUT2D eigenvalue weighted by molar-refractivity contribution is -0.137. The highest BCUT2D eigenvalue weighted by atomic mass is 16.5. The summed E-state index contributed by atoms with van der Waals surface area (Å²) in [5, 5.41) is 11.1. The minimum absolute atomic E-state index is 0.123. The number of urea groups is 1. The van der Waals surface area contributed by atoms with Gasteiger partial charge in [-0.05, 0) is 0 Å². The lowest BCUT2D eigenvalue weighted by Gasteiger charge is -2.21. The van der Waals surface area contributed by atoms with Crippen LogP contribution in [0.25, 0.3) is 0 Å². The summed E-state index contributed by atoms with van der Waals surface area (Å²) in [5.74, 6) is -2.03. The van der Waals surface area contributed by atoms with E-state index in [0.29, 0.717) is 0 Å². The fraction of sp³-hybridized carbons (Fsp3) is 0.700. The Morgan fingerprint density at radius 1 is 1.32 bits per heavy atom. The van der Waals surface area contributed by atoms with E-state index in [1.807, 2.05) is 0 Å². The van der Waals surface area contributed by atoms with Crippen LogP contribution in [0.15, 0.2) is 0 Å². The number of nitrogens with one attached hydrogen (secondary N) is 1. The number of nitrogens with zero attached hydrogens (tertiary/aromatic N) is 1. The molecule has 0 radical (unpaired) electrons. The standard InChI is InChI=1S/C10H19N3O6/c1-18-6-7(19-2)3-12-10(17)13(4-8(11)14)5-9(15)16/h7H,3-6H2,1-2H3,(H2,11,14)(H,12,17)(H,15,16). The molecule has 0 aromatic rings. The first-order valence-corrected chi connectivity index (χ1v) is 5.45. The Bertz CT molecular complexity index is 306. The van der Waals surface area contributed by atoms with Crippen molar-refractivity contribution < 1.29 is 29.0 Å². The van der Waals surface area contributed by atoms with E-state index in [0.717, 1.165) is 4.90 Å². The summed E-state index contributed by atoms with van der Waals surface area (Å²) < 4.78 is 9.88. The minimum atomic E-state index is -1.24. The number of hydrogen-bond acceptors (Lipinski definition) is 5. The summed E-state index contributed by atoms with van der Waals surface area (Å²) >= 11 is 0. The number of amides is 3. The van der Waals surface area contributed by atoms with Gasteiger partial charge in [-0.3, -0.25) is 9.59 Å². The molecule has 1 unspecified atom stereocenters. The summed E-state index contributed by atoms with van der Waals surface area (Å²) in [7, 11) is 2.94. The first-order valence-electron chi connectivity index (χ1n) is 5.45. The van der Waals surface area contributed by atoms with Crippen molar-refractivity contribution in [3.05, 3.63) is 0 Å². The van der Waals surface area contributed by atoms with Gasteiger partial charge < -0.3 is 30.5 Å². The van der Waals surface area contributed by atoms with Crippen molar-refractivity contribution in [1.82, 2.24) is 10.2 Å². The normalized spacial score (nSPS) is 11.7. The third kappa shape index (κ3) is 7.95. The van der Waals surface area contributed by atoms with Gasteiger partial charge in [-0.25, -0.2) is 4.79 Å². The van der Waals surface area contributed by atoms with Gasteiger partial charge in [0.15, 0.2) is 0 Å². The third-order valence-corrected chi connectivity index (χ3v) is 2.13. The van der Waals surface area contributed by atoms with Crippen LogP contribution in [-0.4, -0.2) is 74.5 Å². The van der Waals surface area contributed by atoms with Gasteiger partial charge in [0.25, 0.3) is 0 Å². The number of carboxylic acid groups (broad SMARTS) is 1. The molecule has 0 aliphatic rings. The molecule has 19 heavy (non-hydrogen) atoms. The summed E-state index contributed by atoms with van der Waals surface area (Å²) in [4.78, 5) is 33.8. The highest BCUT2D eigenvalue weighted by Crippen LogP contribution is 1.93. The first-order chi connectivity index (χ1) is 8.90. The van der Waals surface area contributed by atoms with E-state index in [2.05, 4.69) is 5.32 Å². The highest BCUT2D eigenvalue weighted by Gasteiger charge is 2.19. The number of methoxy groups -OCH3 is 2. The summed E-state index contributed by atoms with van der Waals surface area (Å²) in [6.07, 6.45) is -0.366. The number of hydrogen-bond donors (Lipinski definition) is 3. The zero-order valence-electron chi connectivity index (χ0n) is 10.9. The number of carbonyl (C=O) groups is 3. The van der Waals surface area contributed by atoms with Crippen molar-refractivity contribution in [2.45, 2.75) is 6.10 Å². The monoisotopic (exact) mass is 277 g/mol. The highest BCUT2D eigenvalue weighted by molar-refractivity contribution is 5.85. The molecule has 0 spiro atoms. The predicted molar refractivity (Wildman–Crippen MR) is 64.5 cm³/mol. The molecule has 0 heterocycles. The zero-order chi connectivity index (χ0) is 14.8. The predicted octanol–water partition coefficient (Wildman–Crippen LogP) is -1.77. The smallest absolute Gasteiger partial charge is 0.323 e. The Labute approximate surface area is 110 Å². The van der Waals surface area contributed by atoms with Gasteiger partial charge in [-0.1, -0.05) is 0 Å². The second-order valence-electron chi connectivity index (χ2n) is 3.72. The number of nitrogens with two attached hydrogens (primary N) is 1. The van der Waals surface area contributed by atoms with Crippen LogP contribution in [-0.2, 0) is 19.1 Å². The molecule has 0 fully saturated rings. The van der Waals surface area contributed by atoms with Crippen LogP contribution in [0.2, 0.25) is 0 Å². The molecular weight excluding hydrogens is 258 g/mol. The zero-order valence-corrected chi connectivity index (χ0v) is 10.9. The molecule has 4 N–H and O–H groups in total. The van der Waals surface area contributed by atoms with E-state index in [9.17, 15) is 14.4 Å². The van der Waals surface area contributed by atoms with Crippen molar-refractivity contribution in [2.75, 3.05) is 40.5 Å². The van der Waals surface area contributed by atoms with Gasteiger partial charge in [-0.15, -0.1) is 0 Å². The maximum Gasteiger partial charge on any atom is 0.323 e. The fourth-order valence-electron chi connectivity index (χ4n) is 1.26. The number of rotatable bonds is 9. The molecule has 0 aromatic heterocycles. The summed E-state index contributed by atoms with van der Waals surface area (Å²) in [6, 6.07) is -0.709. The molecule has 9 heteroatoms. The second-order valence-corrected chi connectivity index (χ2v) is 3.72. The second kappa shape index (κ2) is 9.11. The molecule has 3 amide bonds. The lowest BCUT2D eigenvalue weighted by atomic mass is 10.3. The molecule has 0 aliphatic heterocycles. The van der Waals surface area contributed by atoms with E-state index in [1.54, 1.807) is 0 Å². The molecule has 0 bridgehead atoms. The number of primary amides is 1. The molecule has 110 valence electrons. The maximum absolute atomic E-state index is 11.7. The van der Waals surface area contributed by atoms with Crippen molar-refractivity contribution in [1.29, 1.82) is 0 Å². The Balaban J connectivity index is 4.37. The maximum atomic E-state index is 11.7. The van der Waals surface area contributed by atoms with Crippen LogP contribution in [0, 0.1) is 0 Å². The molecule has 0 rings (SSSR count). The van der Waals surface area contributed by atoms with Crippen LogP contribution in [0.5, 0.6) is 0 Å². The van der Waals surface area contributed by atoms with E-state index < -0.39 is 31.0 Å². The van der Waals surface area contributed by atoms with E-state index in [1.165, 1.54) is 14.2 Å². The molecule has 0 aliphatic carbocycles. The number of ether oxygens (including phenoxy) is 2. The largest absolute Gasteiger partial charge is 0.480 e. The summed E-state index contributed by atoms with van der Waals surface area (Å²) in [5.41, 5.74) is 4.94. The van der Waals surface area contributed by atoms with Gasteiger partial charge >= 0.3 is 12.0 Å². The van der Waals surface area contributed by atoms with E-state index >= 15 is 0 Å². The van der Waals surface area contributed by atoms with Crippen LogP contribution in [0.4, 0.5) is 4.79 Å². The van der Waals surface area contributed by atoms with Crippen LogP contribution < -0.4 is 11.1 Å². The molecule has 0 saturated heterocycles. The van der Waals surface area contributed by atoms with Crippen LogP contribution in [0.1, 0.15) is 0 Å². The van der Waals surface area contributed by atoms with Gasteiger partial charge in [0, 0.05) is 20.8 Å². The van der Waals surface area contributed by atoms with E-state index in [4.69, 9.17) is 20.3 Å². The van der Waals surface area contributed by atoms with Crippen LogP contribution >= 0.6 is 0 Å². The number of carboxylic acids is 1. The molecule has 0 aromatic carbocycles. The Morgan fingerprint density at radius 3 is 2.37 bits per heavy atom. The molecule has 1 atom stereocenters. The fourth-order valence-corrected chi connectivity index (χ4v) is 1.26. The van der Waals surface area contributed by atoms with Crippen molar-refractivity contribution in [3.8, 4) is 0 Å². The first kappa shape index (κ1) is 17.1. The van der Waals surface area contributed by atoms with Gasteiger partial charge in [0.2, 0.25) is 5.91 Å². The average Bonchev–Trinajstić information content (AvgIpc) is 2.32. The average molecular weight is 277 g/mol. The SMILES string of the molecule is COCC(CNC(=O)N(CC(N)=O)CC(=O)O)OC. The molecular formula is C10H19N3O6. The van der Waals surface area contributed by atoms with Gasteiger partial charge in [0.05, 0.1) is 12.7 Å². The third-order valence-electron chi connectivity index (χ3n) is 2.13. The van der Waals surface area contributed by atoms with Crippen molar-refractivity contribution >= 4 is 17.9 Å². The van der Waals surface area contributed by atoms with Crippen molar-refractivity contribution in [2.24, 2.45) is 5.73 Å². The Morgan fingerprint density at radius 2 is 1.95 bits per heavy atom. The number of carbonyl (C=O) groups excluding carboxylic acids is 2. The summed E-state index contributed by atoms with van der Waals surface area (Å²) in [6.45, 7) is -0.694. The topological polar surface area (TPSA) is 131 Å². The molecule has 9 nitrogen and oxygen atoms in total.